The van der Waals surface area contributed by atoms with Crippen molar-refractivity contribution < 1.29 is 4.39 Å². The smallest absolute Gasteiger partial charge is 0.123 e. The Labute approximate surface area is 138 Å². The Balaban J connectivity index is 1.70. The summed E-state index contributed by atoms with van der Waals surface area (Å²) in [5, 5.41) is 15.2. The van der Waals surface area contributed by atoms with Crippen LogP contribution in [0.2, 0.25) is 0 Å². The molecular weight excluding hydrogens is 313 g/mol. The number of nitrogens with one attached hydrogen (secondary N) is 2. The molecule has 0 saturated carbocycles. The zero-order valence-corrected chi connectivity index (χ0v) is 13.8. The lowest BCUT2D eigenvalue weighted by Gasteiger charge is -2.16. The second-order valence-electron chi connectivity index (χ2n) is 5.33. The third kappa shape index (κ3) is 3.80. The summed E-state index contributed by atoms with van der Waals surface area (Å²) in [6.07, 6.45) is 2.52. The maximum absolute atomic E-state index is 13.1. The molecule has 1 aromatic carbocycles. The zero-order valence-electron chi connectivity index (χ0n) is 13.0. The van der Waals surface area contributed by atoms with Crippen molar-refractivity contribution in [3.63, 3.8) is 0 Å². The van der Waals surface area contributed by atoms with Gasteiger partial charge in [-0.25, -0.2) is 9.37 Å². The van der Waals surface area contributed by atoms with E-state index in [0.29, 0.717) is 0 Å². The average molecular weight is 331 g/mol. The van der Waals surface area contributed by atoms with E-state index in [0.717, 1.165) is 34.9 Å². The van der Waals surface area contributed by atoms with Crippen LogP contribution in [-0.4, -0.2) is 26.9 Å². The lowest BCUT2D eigenvalue weighted by atomic mass is 10.0. The number of nitrogens with zero attached hydrogens (tertiary/aromatic N) is 3. The molecule has 3 aromatic rings. The molecule has 23 heavy (non-hydrogen) atoms. The van der Waals surface area contributed by atoms with E-state index in [1.54, 1.807) is 29.7 Å². The van der Waals surface area contributed by atoms with Crippen LogP contribution in [0.5, 0.6) is 0 Å². The fourth-order valence-corrected chi connectivity index (χ4v) is 3.30. The SMILES string of the molecule is Cc1nc(CCN[C@H](c2ccc(F)cc2)c2cn[nH]n2)sc1C. The second-order valence-corrected chi connectivity index (χ2v) is 6.62. The summed E-state index contributed by atoms with van der Waals surface area (Å²) in [6.45, 7) is 4.86. The molecule has 7 heteroatoms. The first-order chi connectivity index (χ1) is 11.1. The lowest BCUT2D eigenvalue weighted by Crippen LogP contribution is -2.25. The molecule has 2 aromatic heterocycles. The molecule has 0 aliphatic carbocycles. The predicted molar refractivity (Wildman–Crippen MR) is 87.9 cm³/mol. The number of aromatic nitrogens is 4. The minimum absolute atomic E-state index is 0.128. The summed E-state index contributed by atoms with van der Waals surface area (Å²) in [5.74, 6) is -0.249. The predicted octanol–water partition coefficient (Wildman–Crippen LogP) is 2.94. The average Bonchev–Trinajstić information content (AvgIpc) is 3.16. The summed E-state index contributed by atoms with van der Waals surface area (Å²) in [7, 11) is 0. The quantitative estimate of drug-likeness (QED) is 0.729. The molecule has 0 spiro atoms. The summed E-state index contributed by atoms with van der Waals surface area (Å²) in [6, 6.07) is 6.31. The van der Waals surface area contributed by atoms with Gasteiger partial charge in [-0.2, -0.15) is 15.4 Å². The van der Waals surface area contributed by atoms with Gasteiger partial charge in [-0.15, -0.1) is 11.3 Å². The van der Waals surface area contributed by atoms with Gasteiger partial charge in [-0.3, -0.25) is 0 Å². The van der Waals surface area contributed by atoms with Crippen molar-refractivity contribution in [3.8, 4) is 0 Å². The summed E-state index contributed by atoms with van der Waals surface area (Å²) >= 11 is 1.73. The Hall–Kier alpha value is -2.12. The number of hydrogen-bond donors (Lipinski definition) is 2. The Morgan fingerprint density at radius 1 is 1.26 bits per heavy atom. The molecule has 0 bridgehead atoms. The van der Waals surface area contributed by atoms with E-state index in [4.69, 9.17) is 0 Å². The molecule has 2 heterocycles. The first-order valence-electron chi connectivity index (χ1n) is 7.41. The minimum atomic E-state index is -0.249. The molecule has 2 N–H and O–H groups in total. The van der Waals surface area contributed by atoms with Crippen molar-refractivity contribution in [1.82, 2.24) is 25.7 Å². The van der Waals surface area contributed by atoms with E-state index in [2.05, 4.69) is 32.6 Å². The molecule has 0 saturated heterocycles. The van der Waals surface area contributed by atoms with Gasteiger partial charge in [-0.05, 0) is 31.5 Å². The van der Waals surface area contributed by atoms with Crippen LogP contribution in [0.4, 0.5) is 4.39 Å². The topological polar surface area (TPSA) is 66.5 Å². The maximum Gasteiger partial charge on any atom is 0.123 e. The van der Waals surface area contributed by atoms with Gasteiger partial charge in [0, 0.05) is 17.8 Å². The van der Waals surface area contributed by atoms with E-state index in [-0.39, 0.29) is 11.9 Å². The largest absolute Gasteiger partial charge is 0.304 e. The molecule has 0 unspecified atom stereocenters. The highest BCUT2D eigenvalue weighted by Crippen LogP contribution is 2.21. The first kappa shape index (κ1) is 15.8. The van der Waals surface area contributed by atoms with Crippen LogP contribution in [0.15, 0.2) is 30.5 Å². The maximum atomic E-state index is 13.1. The number of hydrogen-bond acceptors (Lipinski definition) is 5. The van der Waals surface area contributed by atoms with Crippen molar-refractivity contribution in [2.24, 2.45) is 0 Å². The summed E-state index contributed by atoms with van der Waals surface area (Å²) in [4.78, 5) is 5.81. The number of H-pyrrole nitrogens is 1. The fourth-order valence-electron chi connectivity index (χ4n) is 2.37. The molecule has 0 fully saturated rings. The van der Waals surface area contributed by atoms with Gasteiger partial charge in [0.25, 0.3) is 0 Å². The van der Waals surface area contributed by atoms with Crippen molar-refractivity contribution in [3.05, 3.63) is 63.1 Å². The van der Waals surface area contributed by atoms with Crippen LogP contribution in [0, 0.1) is 19.7 Å². The highest BCUT2D eigenvalue weighted by atomic mass is 32.1. The van der Waals surface area contributed by atoms with Crippen molar-refractivity contribution in [2.45, 2.75) is 26.3 Å². The molecule has 0 aliphatic rings. The highest BCUT2D eigenvalue weighted by molar-refractivity contribution is 7.11. The second kappa shape index (κ2) is 6.97. The van der Waals surface area contributed by atoms with Crippen LogP contribution in [0.3, 0.4) is 0 Å². The molecule has 5 nitrogen and oxygen atoms in total. The number of aromatic amines is 1. The van der Waals surface area contributed by atoms with E-state index in [1.807, 2.05) is 6.92 Å². The molecule has 1 atom stereocenters. The van der Waals surface area contributed by atoms with E-state index < -0.39 is 0 Å². The Kier molecular flexibility index (Phi) is 4.78. The number of aryl methyl sites for hydroxylation is 2. The molecule has 120 valence electrons. The number of thiazole rings is 1. The monoisotopic (exact) mass is 331 g/mol. The van der Waals surface area contributed by atoms with Crippen LogP contribution in [-0.2, 0) is 6.42 Å². The number of rotatable bonds is 6. The number of benzene rings is 1. The fraction of sp³-hybridized carbons (Fsp3) is 0.312. The van der Waals surface area contributed by atoms with E-state index >= 15 is 0 Å². The Morgan fingerprint density at radius 3 is 2.65 bits per heavy atom. The molecule has 0 radical (unpaired) electrons. The molecule has 0 aliphatic heterocycles. The van der Waals surface area contributed by atoms with Crippen LogP contribution in [0.1, 0.15) is 32.9 Å². The molecular formula is C16H18FN5S. The van der Waals surface area contributed by atoms with Gasteiger partial charge in [0.05, 0.1) is 22.9 Å². The van der Waals surface area contributed by atoms with Crippen molar-refractivity contribution >= 4 is 11.3 Å². The summed E-state index contributed by atoms with van der Waals surface area (Å²) in [5.41, 5.74) is 2.83. The van der Waals surface area contributed by atoms with Crippen molar-refractivity contribution in [1.29, 1.82) is 0 Å². The Bertz CT molecular complexity index is 732. The van der Waals surface area contributed by atoms with Crippen molar-refractivity contribution in [2.75, 3.05) is 6.54 Å². The lowest BCUT2D eigenvalue weighted by molar-refractivity contribution is 0.586. The first-order valence-corrected chi connectivity index (χ1v) is 8.22. The normalized spacial score (nSPS) is 12.5. The standard InChI is InChI=1S/C16H18FN5S/c1-10-11(2)23-15(20-10)7-8-18-16(14-9-19-22-21-14)12-3-5-13(17)6-4-12/h3-6,9,16,18H,7-8H2,1-2H3,(H,19,21,22)/t16-/m1/s1. The van der Waals surface area contributed by atoms with Gasteiger partial charge in [0.2, 0.25) is 0 Å². The van der Waals surface area contributed by atoms with Gasteiger partial charge in [-0.1, -0.05) is 12.1 Å². The van der Waals surface area contributed by atoms with Crippen LogP contribution >= 0.6 is 11.3 Å². The Morgan fingerprint density at radius 2 is 2.04 bits per heavy atom. The van der Waals surface area contributed by atoms with Gasteiger partial charge in [0.15, 0.2) is 0 Å². The number of halogens is 1. The summed E-state index contributed by atoms with van der Waals surface area (Å²) < 4.78 is 13.1. The van der Waals surface area contributed by atoms with E-state index in [1.165, 1.54) is 17.0 Å². The highest BCUT2D eigenvalue weighted by Gasteiger charge is 2.16. The van der Waals surface area contributed by atoms with Gasteiger partial charge < -0.3 is 5.32 Å². The van der Waals surface area contributed by atoms with Gasteiger partial charge >= 0.3 is 0 Å². The third-order valence-electron chi connectivity index (χ3n) is 3.69. The molecule has 3 rings (SSSR count). The third-order valence-corrected chi connectivity index (χ3v) is 4.83. The van der Waals surface area contributed by atoms with Gasteiger partial charge in [0.1, 0.15) is 11.5 Å². The molecule has 0 amide bonds. The zero-order chi connectivity index (χ0) is 16.2. The van der Waals surface area contributed by atoms with E-state index in [9.17, 15) is 4.39 Å². The minimum Gasteiger partial charge on any atom is -0.304 e. The van der Waals surface area contributed by atoms with Crippen LogP contribution in [0.25, 0.3) is 0 Å². The van der Waals surface area contributed by atoms with Crippen LogP contribution < -0.4 is 5.32 Å².